The summed E-state index contributed by atoms with van der Waals surface area (Å²) in [7, 11) is 6.28. The monoisotopic (exact) mass is 333 g/mol. The highest BCUT2D eigenvalue weighted by Gasteiger charge is 2.11. The molecule has 4 heteroatoms. The number of aryl methyl sites for hydroxylation is 1. The molecular formula is C21H23N3O. The lowest BCUT2D eigenvalue weighted by Crippen LogP contribution is -2.15. The molecule has 2 aromatic carbocycles. The number of pyridine rings is 1. The van der Waals surface area contributed by atoms with Gasteiger partial charge in [-0.1, -0.05) is 6.07 Å². The maximum atomic E-state index is 5.96. The van der Waals surface area contributed by atoms with Gasteiger partial charge in [0, 0.05) is 47.0 Å². The molecule has 2 heterocycles. The van der Waals surface area contributed by atoms with Gasteiger partial charge in [0.2, 0.25) is 0 Å². The number of benzene rings is 2. The predicted molar refractivity (Wildman–Crippen MR) is 104 cm³/mol. The maximum Gasteiger partial charge on any atom is 0.120 e. The van der Waals surface area contributed by atoms with Gasteiger partial charge in [-0.05, 0) is 56.9 Å². The Hall–Kier alpha value is -2.59. The molecule has 0 unspecified atom stereocenters. The quantitative estimate of drug-likeness (QED) is 0.513. The third kappa shape index (κ3) is 2.94. The van der Waals surface area contributed by atoms with E-state index in [1.165, 1.54) is 27.2 Å². The number of rotatable bonds is 5. The fourth-order valence-electron chi connectivity index (χ4n) is 3.42. The predicted octanol–water partition coefficient (Wildman–Crippen LogP) is 4.21. The Morgan fingerprint density at radius 3 is 2.72 bits per heavy atom. The molecule has 2 aromatic heterocycles. The van der Waals surface area contributed by atoms with Crippen molar-refractivity contribution in [2.75, 3.05) is 27.2 Å². The largest absolute Gasteiger partial charge is 0.494 e. The van der Waals surface area contributed by atoms with Crippen LogP contribution >= 0.6 is 0 Å². The zero-order valence-corrected chi connectivity index (χ0v) is 15.0. The highest BCUT2D eigenvalue weighted by molar-refractivity contribution is 6.12. The fourth-order valence-corrected chi connectivity index (χ4v) is 3.42. The highest BCUT2D eigenvalue weighted by atomic mass is 16.5. The zero-order chi connectivity index (χ0) is 17.4. The summed E-state index contributed by atoms with van der Waals surface area (Å²) in [5.74, 6) is 0.930. The molecule has 0 amide bonds. The third-order valence-corrected chi connectivity index (χ3v) is 4.72. The SMILES string of the molecule is CN(C)CCCOc1ccc2c(c1)c1cc3ncccc3cc1n2C. The number of hydrogen-bond donors (Lipinski definition) is 0. The Bertz CT molecular complexity index is 1050. The van der Waals surface area contributed by atoms with E-state index < -0.39 is 0 Å². The van der Waals surface area contributed by atoms with Crippen LogP contribution in [0.3, 0.4) is 0 Å². The minimum Gasteiger partial charge on any atom is -0.494 e. The minimum absolute atomic E-state index is 0.735. The molecule has 4 aromatic rings. The lowest BCUT2D eigenvalue weighted by molar-refractivity contribution is 0.282. The fraction of sp³-hybridized carbons (Fsp3) is 0.286. The van der Waals surface area contributed by atoms with Crippen molar-refractivity contribution in [3.05, 3.63) is 48.7 Å². The van der Waals surface area contributed by atoms with E-state index in [0.29, 0.717) is 0 Å². The van der Waals surface area contributed by atoms with Gasteiger partial charge in [-0.3, -0.25) is 4.98 Å². The first-order valence-corrected chi connectivity index (χ1v) is 8.68. The molecule has 0 atom stereocenters. The van der Waals surface area contributed by atoms with Gasteiger partial charge in [-0.15, -0.1) is 0 Å². The smallest absolute Gasteiger partial charge is 0.120 e. The standard InChI is InChI=1S/C21H23N3O/c1-23(2)10-5-11-25-16-7-8-20-17(13-16)18-14-19-15(6-4-9-22-19)12-21(18)24(20)3/h4,6-9,12-14H,5,10-11H2,1-3H3. The molecule has 4 nitrogen and oxygen atoms in total. The van der Waals surface area contributed by atoms with E-state index in [4.69, 9.17) is 4.74 Å². The van der Waals surface area contributed by atoms with Gasteiger partial charge >= 0.3 is 0 Å². The first-order chi connectivity index (χ1) is 12.1. The normalized spacial score (nSPS) is 11.8. The topological polar surface area (TPSA) is 30.3 Å². The maximum absolute atomic E-state index is 5.96. The van der Waals surface area contributed by atoms with Crippen molar-refractivity contribution in [1.29, 1.82) is 0 Å². The van der Waals surface area contributed by atoms with Crippen LogP contribution in [0.15, 0.2) is 48.7 Å². The van der Waals surface area contributed by atoms with Gasteiger partial charge in [0.05, 0.1) is 12.1 Å². The van der Waals surface area contributed by atoms with E-state index in [2.05, 4.69) is 72.0 Å². The van der Waals surface area contributed by atoms with Crippen molar-refractivity contribution in [3.63, 3.8) is 0 Å². The molecule has 128 valence electrons. The Morgan fingerprint density at radius 1 is 1.04 bits per heavy atom. The van der Waals surface area contributed by atoms with Gasteiger partial charge < -0.3 is 14.2 Å². The van der Waals surface area contributed by atoms with Crippen LogP contribution in [0, 0.1) is 0 Å². The van der Waals surface area contributed by atoms with Crippen LogP contribution in [0.1, 0.15) is 6.42 Å². The molecule has 0 spiro atoms. The Kier molecular flexibility index (Phi) is 4.06. The van der Waals surface area contributed by atoms with Gasteiger partial charge in [-0.25, -0.2) is 0 Å². The van der Waals surface area contributed by atoms with E-state index in [9.17, 15) is 0 Å². The summed E-state index contributed by atoms with van der Waals surface area (Å²) in [6, 6.07) is 14.9. The minimum atomic E-state index is 0.735. The lowest BCUT2D eigenvalue weighted by atomic mass is 10.1. The molecule has 0 bridgehead atoms. The van der Waals surface area contributed by atoms with E-state index in [1.807, 2.05) is 12.3 Å². The molecule has 25 heavy (non-hydrogen) atoms. The molecule has 0 radical (unpaired) electrons. The van der Waals surface area contributed by atoms with Crippen LogP contribution < -0.4 is 4.74 Å². The molecule has 0 aliphatic rings. The number of ether oxygens (including phenoxy) is 1. The summed E-state index contributed by atoms with van der Waals surface area (Å²) >= 11 is 0. The van der Waals surface area contributed by atoms with Crippen LogP contribution in [-0.4, -0.2) is 41.7 Å². The van der Waals surface area contributed by atoms with Crippen molar-refractivity contribution in [3.8, 4) is 5.75 Å². The molecule has 0 aliphatic heterocycles. The second-order valence-corrected chi connectivity index (χ2v) is 6.81. The molecule has 0 N–H and O–H groups in total. The molecule has 0 aliphatic carbocycles. The lowest BCUT2D eigenvalue weighted by Gasteiger charge is -2.10. The van der Waals surface area contributed by atoms with E-state index in [-0.39, 0.29) is 0 Å². The van der Waals surface area contributed by atoms with Crippen molar-refractivity contribution in [2.24, 2.45) is 7.05 Å². The average molecular weight is 333 g/mol. The van der Waals surface area contributed by atoms with Crippen LogP contribution in [0.25, 0.3) is 32.7 Å². The Labute approximate surface area is 147 Å². The van der Waals surface area contributed by atoms with Crippen molar-refractivity contribution in [2.45, 2.75) is 6.42 Å². The summed E-state index contributed by atoms with van der Waals surface area (Å²) in [5, 5.41) is 3.61. The molecular weight excluding hydrogens is 310 g/mol. The number of fused-ring (bicyclic) bond motifs is 4. The summed E-state index contributed by atoms with van der Waals surface area (Å²) in [6.07, 6.45) is 2.87. The van der Waals surface area contributed by atoms with Crippen LogP contribution in [0.4, 0.5) is 0 Å². The molecule has 4 rings (SSSR count). The van der Waals surface area contributed by atoms with Crippen molar-refractivity contribution in [1.82, 2.24) is 14.5 Å². The van der Waals surface area contributed by atoms with Crippen LogP contribution in [-0.2, 0) is 7.05 Å². The van der Waals surface area contributed by atoms with Crippen LogP contribution in [0.2, 0.25) is 0 Å². The summed E-state index contributed by atoms with van der Waals surface area (Å²) < 4.78 is 8.20. The Balaban J connectivity index is 1.75. The van der Waals surface area contributed by atoms with E-state index in [0.717, 1.165) is 30.8 Å². The van der Waals surface area contributed by atoms with Gasteiger partial charge in [0.25, 0.3) is 0 Å². The summed E-state index contributed by atoms with van der Waals surface area (Å²) in [6.45, 7) is 1.77. The van der Waals surface area contributed by atoms with Crippen molar-refractivity contribution < 1.29 is 4.74 Å². The summed E-state index contributed by atoms with van der Waals surface area (Å²) in [4.78, 5) is 6.68. The molecule has 0 saturated carbocycles. The van der Waals surface area contributed by atoms with E-state index >= 15 is 0 Å². The van der Waals surface area contributed by atoms with E-state index in [1.54, 1.807) is 0 Å². The van der Waals surface area contributed by atoms with Gasteiger partial charge in [0.1, 0.15) is 5.75 Å². The van der Waals surface area contributed by atoms with Crippen molar-refractivity contribution >= 4 is 32.7 Å². The first-order valence-electron chi connectivity index (χ1n) is 8.68. The highest BCUT2D eigenvalue weighted by Crippen LogP contribution is 2.33. The number of hydrogen-bond acceptors (Lipinski definition) is 3. The number of nitrogens with zero attached hydrogens (tertiary/aromatic N) is 3. The second-order valence-electron chi connectivity index (χ2n) is 6.81. The van der Waals surface area contributed by atoms with Gasteiger partial charge in [0.15, 0.2) is 0 Å². The van der Waals surface area contributed by atoms with Crippen LogP contribution in [0.5, 0.6) is 5.75 Å². The average Bonchev–Trinajstić information content (AvgIpc) is 2.88. The molecule has 0 saturated heterocycles. The zero-order valence-electron chi connectivity index (χ0n) is 15.0. The number of aromatic nitrogens is 2. The Morgan fingerprint density at radius 2 is 1.88 bits per heavy atom. The second kappa shape index (κ2) is 6.37. The summed E-state index contributed by atoms with van der Waals surface area (Å²) in [5.41, 5.74) is 3.46. The van der Waals surface area contributed by atoms with Gasteiger partial charge in [-0.2, -0.15) is 0 Å². The first kappa shape index (κ1) is 15.9. The third-order valence-electron chi connectivity index (χ3n) is 4.72. The molecule has 0 fully saturated rings.